The molecule has 2 aromatic heterocycles. The van der Waals surface area contributed by atoms with E-state index < -0.39 is 18.0 Å². The van der Waals surface area contributed by atoms with Crippen molar-refractivity contribution in [2.24, 2.45) is 7.05 Å². The Hall–Kier alpha value is -4.46. The highest BCUT2D eigenvalue weighted by Crippen LogP contribution is 2.25. The lowest BCUT2D eigenvalue weighted by molar-refractivity contribution is -0.187. The molecule has 4 rings (SSSR count). The third kappa shape index (κ3) is 5.73. The van der Waals surface area contributed by atoms with Crippen LogP contribution in [0.25, 0.3) is 0 Å². The van der Waals surface area contributed by atoms with Crippen molar-refractivity contribution >= 4 is 40.0 Å². The number of nitrogens with one attached hydrogen (secondary N) is 2. The van der Waals surface area contributed by atoms with Gasteiger partial charge >= 0.3 is 18.0 Å². The molecule has 0 atom stereocenters. The number of benzene rings is 2. The third-order valence-corrected chi connectivity index (χ3v) is 5.27. The molecule has 11 nitrogen and oxygen atoms in total. The number of rotatable bonds is 8. The van der Waals surface area contributed by atoms with Crippen LogP contribution in [-0.2, 0) is 18.4 Å². The van der Waals surface area contributed by atoms with Gasteiger partial charge in [-0.25, -0.2) is 19.4 Å². The standard InChI is InChI=1S/C21H18F2N8O3S/c1-30-19(27-28-29-30)31(15-8-4-2-5-9-15)20(33)24-12-14-13-35-18(25-14)26-17(32)21(22,23)34-16-10-6-3-7-11-16/h2-11,13H,12H2,1H3,(H,24,33)(H,25,26,32). The van der Waals surface area contributed by atoms with Crippen LogP contribution in [0.4, 0.5) is 30.3 Å². The minimum absolute atomic E-state index is 0.0449. The van der Waals surface area contributed by atoms with E-state index >= 15 is 0 Å². The summed E-state index contributed by atoms with van der Waals surface area (Å²) in [5, 5.41) is 17.3. The number of anilines is 3. The van der Waals surface area contributed by atoms with Crippen molar-refractivity contribution in [2.75, 3.05) is 10.2 Å². The van der Waals surface area contributed by atoms with Crippen LogP contribution in [0.5, 0.6) is 5.75 Å². The molecule has 2 heterocycles. The summed E-state index contributed by atoms with van der Waals surface area (Å²) in [5.74, 6) is -1.65. The summed E-state index contributed by atoms with van der Waals surface area (Å²) in [6.45, 7) is -0.0449. The number of aryl methyl sites for hydroxylation is 1. The number of para-hydroxylation sites is 2. The van der Waals surface area contributed by atoms with Crippen LogP contribution in [0.2, 0.25) is 0 Å². The van der Waals surface area contributed by atoms with Crippen LogP contribution >= 0.6 is 11.3 Å². The number of hydrogen-bond donors (Lipinski definition) is 2. The molecule has 0 spiro atoms. The van der Waals surface area contributed by atoms with Crippen LogP contribution in [0.15, 0.2) is 66.0 Å². The summed E-state index contributed by atoms with van der Waals surface area (Å²) in [6, 6.07) is 15.4. The molecule has 2 aromatic carbocycles. The summed E-state index contributed by atoms with van der Waals surface area (Å²) in [4.78, 5) is 30.3. The van der Waals surface area contributed by atoms with Crippen LogP contribution in [-0.4, -0.2) is 43.2 Å². The van der Waals surface area contributed by atoms with Crippen molar-refractivity contribution in [2.45, 2.75) is 12.7 Å². The van der Waals surface area contributed by atoms with E-state index in [0.717, 1.165) is 11.3 Å². The van der Waals surface area contributed by atoms with Crippen molar-refractivity contribution < 1.29 is 23.1 Å². The highest BCUT2D eigenvalue weighted by atomic mass is 32.1. The van der Waals surface area contributed by atoms with Crippen molar-refractivity contribution in [1.29, 1.82) is 0 Å². The maximum Gasteiger partial charge on any atom is 0.482 e. The molecule has 0 radical (unpaired) electrons. The van der Waals surface area contributed by atoms with Gasteiger partial charge in [0.2, 0.25) is 0 Å². The molecule has 0 fully saturated rings. The van der Waals surface area contributed by atoms with Gasteiger partial charge < -0.3 is 10.1 Å². The van der Waals surface area contributed by atoms with Gasteiger partial charge in [-0.1, -0.05) is 41.5 Å². The number of halogens is 2. The molecule has 0 unspecified atom stereocenters. The number of amides is 3. The molecule has 0 saturated carbocycles. The van der Waals surface area contributed by atoms with Gasteiger partial charge in [-0.2, -0.15) is 8.78 Å². The molecule has 3 amide bonds. The lowest BCUT2D eigenvalue weighted by atomic mass is 10.3. The molecule has 0 aliphatic rings. The Kier molecular flexibility index (Phi) is 6.91. The topological polar surface area (TPSA) is 127 Å². The Morgan fingerprint density at radius 2 is 1.80 bits per heavy atom. The highest BCUT2D eigenvalue weighted by Gasteiger charge is 2.42. The minimum Gasteiger partial charge on any atom is -0.425 e. The molecule has 2 N–H and O–H groups in total. The first-order chi connectivity index (χ1) is 16.8. The Morgan fingerprint density at radius 3 is 2.46 bits per heavy atom. The minimum atomic E-state index is -4.11. The lowest BCUT2D eigenvalue weighted by Gasteiger charge is -2.20. The number of carbonyl (C=O) groups is 2. The normalized spacial score (nSPS) is 11.1. The predicted molar refractivity (Wildman–Crippen MR) is 122 cm³/mol. The maximum absolute atomic E-state index is 14.1. The molecule has 14 heteroatoms. The van der Waals surface area contributed by atoms with Gasteiger partial charge in [-0.15, -0.1) is 11.3 Å². The summed E-state index contributed by atoms with van der Waals surface area (Å²) < 4.78 is 34.1. The Morgan fingerprint density at radius 1 is 1.11 bits per heavy atom. The monoisotopic (exact) mass is 500 g/mol. The number of urea groups is 1. The number of tetrazole rings is 1. The molecular weight excluding hydrogens is 482 g/mol. The number of nitrogens with zero attached hydrogens (tertiary/aromatic N) is 6. The van der Waals surface area contributed by atoms with E-state index in [1.54, 1.807) is 43.4 Å². The Labute approximate surface area is 201 Å². The third-order valence-electron chi connectivity index (χ3n) is 4.46. The molecule has 180 valence electrons. The molecular formula is C21H18F2N8O3S. The van der Waals surface area contributed by atoms with E-state index in [-0.39, 0.29) is 23.4 Å². The SMILES string of the molecule is Cn1nnnc1N(C(=O)NCc1csc(NC(=O)C(F)(F)Oc2ccccc2)n1)c1ccccc1. The van der Waals surface area contributed by atoms with E-state index in [9.17, 15) is 18.4 Å². The quantitative estimate of drug-likeness (QED) is 0.380. The number of carbonyl (C=O) groups excluding carboxylic acids is 2. The van der Waals surface area contributed by atoms with Crippen molar-refractivity contribution in [1.82, 2.24) is 30.5 Å². The average molecular weight is 500 g/mol. The zero-order valence-corrected chi connectivity index (χ0v) is 18.9. The molecule has 4 aromatic rings. The van der Waals surface area contributed by atoms with E-state index in [2.05, 4.69) is 30.6 Å². The second kappa shape index (κ2) is 10.2. The number of alkyl halides is 2. The van der Waals surface area contributed by atoms with Crippen LogP contribution < -0.4 is 20.3 Å². The van der Waals surface area contributed by atoms with E-state index in [0.29, 0.717) is 11.4 Å². The number of thiazole rings is 1. The van der Waals surface area contributed by atoms with Crippen molar-refractivity contribution in [3.8, 4) is 5.75 Å². The van der Waals surface area contributed by atoms with E-state index in [1.807, 2.05) is 5.32 Å². The number of hydrogen-bond acceptors (Lipinski definition) is 8. The van der Waals surface area contributed by atoms with Gasteiger partial charge in [-0.3, -0.25) is 10.1 Å². The summed E-state index contributed by atoms with van der Waals surface area (Å²) in [6.07, 6.45) is -4.11. The van der Waals surface area contributed by atoms with Gasteiger partial charge in [0.1, 0.15) is 5.75 Å². The molecule has 0 aliphatic heterocycles. The molecule has 0 saturated heterocycles. The zero-order valence-electron chi connectivity index (χ0n) is 18.1. The fourth-order valence-corrected chi connectivity index (χ4v) is 3.56. The molecule has 0 aliphatic carbocycles. The maximum atomic E-state index is 14.1. The Bertz CT molecular complexity index is 1300. The molecule has 0 bridgehead atoms. The fourth-order valence-electron chi connectivity index (χ4n) is 2.86. The lowest BCUT2D eigenvalue weighted by Crippen LogP contribution is -2.40. The van der Waals surface area contributed by atoms with Crippen molar-refractivity contribution in [3.05, 3.63) is 71.7 Å². The average Bonchev–Trinajstić information content (AvgIpc) is 3.48. The largest absolute Gasteiger partial charge is 0.482 e. The fraction of sp³-hybridized carbons (Fsp3) is 0.143. The number of aromatic nitrogens is 5. The first-order valence-electron chi connectivity index (χ1n) is 10.1. The summed E-state index contributed by atoms with van der Waals surface area (Å²) in [5.41, 5.74) is 0.866. The zero-order chi connectivity index (χ0) is 24.8. The highest BCUT2D eigenvalue weighted by molar-refractivity contribution is 7.13. The number of ether oxygens (including phenoxy) is 1. The predicted octanol–water partition coefficient (Wildman–Crippen LogP) is 3.32. The van der Waals surface area contributed by atoms with Gasteiger partial charge in [-0.05, 0) is 34.7 Å². The Balaban J connectivity index is 1.39. The second-order valence-electron chi connectivity index (χ2n) is 6.96. The molecule has 35 heavy (non-hydrogen) atoms. The van der Waals surface area contributed by atoms with E-state index in [1.165, 1.54) is 39.2 Å². The summed E-state index contributed by atoms with van der Waals surface area (Å²) in [7, 11) is 1.59. The second-order valence-corrected chi connectivity index (χ2v) is 7.82. The van der Waals surface area contributed by atoms with Gasteiger partial charge in [0.15, 0.2) is 5.13 Å². The summed E-state index contributed by atoms with van der Waals surface area (Å²) >= 11 is 0.924. The van der Waals surface area contributed by atoms with Crippen molar-refractivity contribution in [3.63, 3.8) is 0 Å². The first-order valence-corrected chi connectivity index (χ1v) is 10.9. The van der Waals surface area contributed by atoms with Gasteiger partial charge in [0, 0.05) is 12.4 Å². The first kappa shape index (κ1) is 23.7. The van der Waals surface area contributed by atoms with Gasteiger partial charge in [0.25, 0.3) is 5.95 Å². The smallest absolute Gasteiger partial charge is 0.425 e. The van der Waals surface area contributed by atoms with Crippen LogP contribution in [0.1, 0.15) is 5.69 Å². The van der Waals surface area contributed by atoms with Crippen LogP contribution in [0, 0.1) is 0 Å². The van der Waals surface area contributed by atoms with E-state index in [4.69, 9.17) is 0 Å². The van der Waals surface area contributed by atoms with Gasteiger partial charge in [0.05, 0.1) is 17.9 Å². The van der Waals surface area contributed by atoms with Crippen LogP contribution in [0.3, 0.4) is 0 Å².